The quantitative estimate of drug-likeness (QED) is 0.624. The Morgan fingerprint density at radius 3 is 1.87 bits per heavy atom. The Hall–Kier alpha value is -2.22. The van der Waals surface area contributed by atoms with Crippen molar-refractivity contribution in [3.05, 3.63) is 57.8 Å². The zero-order valence-corrected chi connectivity index (χ0v) is 14.8. The van der Waals surface area contributed by atoms with Gasteiger partial charge in [0.1, 0.15) is 23.0 Å². The number of hydrogen-bond acceptors (Lipinski definition) is 4. The summed E-state index contributed by atoms with van der Waals surface area (Å²) in [6, 6.07) is 13.9. The lowest BCUT2D eigenvalue weighted by Gasteiger charge is -2.09. The second-order valence-corrected chi connectivity index (χ2v) is 6.08. The minimum absolute atomic E-state index is 0.210. The number of nitrogens with zero attached hydrogens (tertiary/aromatic N) is 2. The monoisotopic (exact) mass is 422 g/mol. The number of rotatable bonds is 4. The summed E-state index contributed by atoms with van der Waals surface area (Å²) in [6.45, 7) is 1.95. The zero-order valence-electron chi connectivity index (χ0n) is 12.7. The van der Waals surface area contributed by atoms with Gasteiger partial charge in [-0.3, -0.25) is 0 Å². The molecule has 3 aromatic rings. The van der Waals surface area contributed by atoms with Gasteiger partial charge in [0.25, 0.3) is 0 Å². The number of phenols is 1. The molecular weight excluding hydrogens is 407 g/mol. The molecule has 0 bridgehead atoms. The molecule has 2 aromatic carbocycles. The highest BCUT2D eigenvalue weighted by molar-refractivity contribution is 14.1. The van der Waals surface area contributed by atoms with Crippen molar-refractivity contribution in [2.24, 2.45) is 7.05 Å². The minimum Gasteiger partial charge on any atom is -0.508 e. The fourth-order valence-electron chi connectivity index (χ4n) is 2.06. The Labute approximate surface area is 147 Å². The molecule has 0 aliphatic carbocycles. The number of benzene rings is 2. The van der Waals surface area contributed by atoms with Crippen LogP contribution in [0.3, 0.4) is 0 Å². The molecule has 0 aliphatic heterocycles. The topological polar surface area (TPSA) is 56.5 Å². The van der Waals surface area contributed by atoms with Gasteiger partial charge in [0, 0.05) is 7.05 Å². The predicted molar refractivity (Wildman–Crippen MR) is 95.4 cm³/mol. The summed E-state index contributed by atoms with van der Waals surface area (Å²) in [7, 11) is 1.85. The minimum atomic E-state index is 0.210. The number of hydrogen-bond donors (Lipinski definition) is 1. The molecule has 0 saturated heterocycles. The van der Waals surface area contributed by atoms with Gasteiger partial charge in [0.05, 0.1) is 9.26 Å². The molecule has 0 radical (unpaired) electrons. The third-order valence-electron chi connectivity index (χ3n) is 3.21. The first-order valence-corrected chi connectivity index (χ1v) is 8.04. The third kappa shape index (κ3) is 3.58. The fraction of sp³-hybridized carbons (Fsp3) is 0.118. The number of ether oxygens (including phenoxy) is 2. The van der Waals surface area contributed by atoms with E-state index in [2.05, 4.69) is 27.7 Å². The SMILES string of the molecule is Cc1nn(C)c(Oc2ccc(Oc3ccc(O)cc3)cc2)c1I. The summed E-state index contributed by atoms with van der Waals surface area (Å²) in [6.07, 6.45) is 0. The standard InChI is InChI=1S/C17H15IN2O3/c1-11-16(18)17(20(2)19-11)23-15-9-7-14(8-10-15)22-13-5-3-12(21)4-6-13/h3-10,21H,1-2H3. The van der Waals surface area contributed by atoms with Gasteiger partial charge in [0.2, 0.25) is 5.88 Å². The molecule has 1 heterocycles. The lowest BCUT2D eigenvalue weighted by Crippen LogP contribution is -1.95. The van der Waals surface area contributed by atoms with Gasteiger partial charge in [-0.2, -0.15) is 5.10 Å². The lowest BCUT2D eigenvalue weighted by molar-refractivity contribution is 0.425. The van der Waals surface area contributed by atoms with Crippen LogP contribution in [0.25, 0.3) is 0 Å². The van der Waals surface area contributed by atoms with Crippen molar-refractivity contribution in [3.8, 4) is 28.9 Å². The van der Waals surface area contributed by atoms with Gasteiger partial charge in [0.15, 0.2) is 0 Å². The highest BCUT2D eigenvalue weighted by Gasteiger charge is 2.12. The van der Waals surface area contributed by atoms with E-state index in [0.717, 1.165) is 15.1 Å². The molecular formula is C17H15IN2O3. The van der Waals surface area contributed by atoms with E-state index < -0.39 is 0 Å². The van der Waals surface area contributed by atoms with Gasteiger partial charge in [-0.25, -0.2) is 4.68 Å². The van der Waals surface area contributed by atoms with Crippen LogP contribution in [0.15, 0.2) is 48.5 Å². The van der Waals surface area contributed by atoms with Crippen molar-refractivity contribution in [1.82, 2.24) is 9.78 Å². The molecule has 0 aliphatic rings. The molecule has 0 unspecified atom stereocenters. The van der Waals surface area contributed by atoms with Gasteiger partial charge in [-0.05, 0) is 78.0 Å². The summed E-state index contributed by atoms with van der Waals surface area (Å²) in [5, 5.41) is 13.6. The summed E-state index contributed by atoms with van der Waals surface area (Å²) >= 11 is 2.22. The molecule has 118 valence electrons. The van der Waals surface area contributed by atoms with Crippen LogP contribution in [0.4, 0.5) is 0 Å². The van der Waals surface area contributed by atoms with Crippen LogP contribution >= 0.6 is 22.6 Å². The normalized spacial score (nSPS) is 10.6. The van der Waals surface area contributed by atoms with Crippen molar-refractivity contribution in [2.45, 2.75) is 6.92 Å². The van der Waals surface area contributed by atoms with Crippen LogP contribution in [0.2, 0.25) is 0 Å². The highest BCUT2D eigenvalue weighted by atomic mass is 127. The Bertz CT molecular complexity index is 811. The molecule has 0 atom stereocenters. The largest absolute Gasteiger partial charge is 0.508 e. The molecule has 0 spiro atoms. The predicted octanol–water partition coefficient (Wildman–Crippen LogP) is 4.62. The molecule has 6 heteroatoms. The second-order valence-electron chi connectivity index (χ2n) is 5.00. The van der Waals surface area contributed by atoms with E-state index in [1.807, 2.05) is 38.2 Å². The number of aromatic hydroxyl groups is 1. The van der Waals surface area contributed by atoms with E-state index in [-0.39, 0.29) is 5.75 Å². The summed E-state index contributed by atoms with van der Waals surface area (Å²) in [4.78, 5) is 0. The fourth-order valence-corrected chi connectivity index (χ4v) is 2.63. The van der Waals surface area contributed by atoms with Crippen molar-refractivity contribution in [3.63, 3.8) is 0 Å². The molecule has 0 amide bonds. The van der Waals surface area contributed by atoms with E-state index in [0.29, 0.717) is 17.2 Å². The number of halogens is 1. The highest BCUT2D eigenvalue weighted by Crippen LogP contribution is 2.30. The number of phenolic OH excluding ortho intramolecular Hbond substituents is 1. The number of aromatic nitrogens is 2. The second kappa shape index (κ2) is 6.49. The summed E-state index contributed by atoms with van der Waals surface area (Å²) in [5.41, 5.74) is 0.940. The maximum absolute atomic E-state index is 9.27. The molecule has 5 nitrogen and oxygen atoms in total. The van der Waals surface area contributed by atoms with Gasteiger partial charge in [-0.1, -0.05) is 0 Å². The molecule has 0 fully saturated rings. The van der Waals surface area contributed by atoms with E-state index in [1.165, 1.54) is 0 Å². The molecule has 1 N–H and O–H groups in total. The Morgan fingerprint density at radius 1 is 0.913 bits per heavy atom. The summed E-state index contributed by atoms with van der Waals surface area (Å²) < 4.78 is 14.3. The van der Waals surface area contributed by atoms with Crippen molar-refractivity contribution in [2.75, 3.05) is 0 Å². The first-order valence-electron chi connectivity index (χ1n) is 6.97. The third-order valence-corrected chi connectivity index (χ3v) is 4.45. The Kier molecular flexibility index (Phi) is 4.42. The Morgan fingerprint density at radius 2 is 1.39 bits per heavy atom. The molecule has 23 heavy (non-hydrogen) atoms. The van der Waals surface area contributed by atoms with E-state index in [1.54, 1.807) is 28.9 Å². The van der Waals surface area contributed by atoms with Gasteiger partial charge in [-0.15, -0.1) is 0 Å². The van der Waals surface area contributed by atoms with Crippen LogP contribution in [0.5, 0.6) is 28.9 Å². The van der Waals surface area contributed by atoms with Crippen LogP contribution in [0.1, 0.15) is 5.69 Å². The Balaban J connectivity index is 1.73. The first-order chi connectivity index (χ1) is 11.0. The summed E-state index contributed by atoms with van der Waals surface area (Å²) in [5.74, 6) is 2.99. The van der Waals surface area contributed by atoms with Crippen molar-refractivity contribution < 1.29 is 14.6 Å². The van der Waals surface area contributed by atoms with Gasteiger partial charge >= 0.3 is 0 Å². The smallest absolute Gasteiger partial charge is 0.231 e. The molecule has 0 saturated carbocycles. The van der Waals surface area contributed by atoms with Gasteiger partial charge < -0.3 is 14.6 Å². The molecule has 3 rings (SSSR count). The first kappa shape index (κ1) is 15.7. The van der Waals surface area contributed by atoms with Crippen molar-refractivity contribution >= 4 is 22.6 Å². The van der Waals surface area contributed by atoms with E-state index in [9.17, 15) is 5.11 Å². The van der Waals surface area contributed by atoms with Crippen molar-refractivity contribution in [1.29, 1.82) is 0 Å². The van der Waals surface area contributed by atoms with Crippen LogP contribution in [0, 0.1) is 10.5 Å². The zero-order chi connectivity index (χ0) is 16.4. The van der Waals surface area contributed by atoms with Crippen LogP contribution < -0.4 is 9.47 Å². The maximum Gasteiger partial charge on any atom is 0.231 e. The van der Waals surface area contributed by atoms with Crippen LogP contribution in [-0.4, -0.2) is 14.9 Å². The average molecular weight is 422 g/mol. The lowest BCUT2D eigenvalue weighted by atomic mass is 10.3. The maximum atomic E-state index is 9.27. The van der Waals surface area contributed by atoms with E-state index >= 15 is 0 Å². The molecule has 1 aromatic heterocycles. The average Bonchev–Trinajstić information content (AvgIpc) is 2.78. The van der Waals surface area contributed by atoms with E-state index in [4.69, 9.17) is 9.47 Å². The van der Waals surface area contributed by atoms with Crippen LogP contribution in [-0.2, 0) is 7.05 Å². The number of aryl methyl sites for hydroxylation is 2.